The van der Waals surface area contributed by atoms with Gasteiger partial charge in [-0.2, -0.15) is 11.8 Å². The van der Waals surface area contributed by atoms with Gasteiger partial charge in [0.2, 0.25) is 0 Å². The summed E-state index contributed by atoms with van der Waals surface area (Å²) in [7, 11) is 0. The molecule has 1 amide bonds. The van der Waals surface area contributed by atoms with E-state index in [0.717, 1.165) is 35.3 Å². The molecule has 1 fully saturated rings. The van der Waals surface area contributed by atoms with Gasteiger partial charge in [-0.25, -0.2) is 0 Å². The lowest BCUT2D eigenvalue weighted by molar-refractivity contribution is -0.127. The summed E-state index contributed by atoms with van der Waals surface area (Å²) in [5.41, 5.74) is 1.14. The van der Waals surface area contributed by atoms with E-state index in [1.807, 2.05) is 43.0 Å². The second kappa shape index (κ2) is 9.09. The first-order valence-electron chi connectivity index (χ1n) is 8.34. The summed E-state index contributed by atoms with van der Waals surface area (Å²) in [4.78, 5) is 12.1. The molecule has 0 aliphatic heterocycles. The van der Waals surface area contributed by atoms with E-state index in [2.05, 4.69) is 12.2 Å². The van der Waals surface area contributed by atoms with Crippen molar-refractivity contribution in [2.45, 2.75) is 57.3 Å². The zero-order valence-electron chi connectivity index (χ0n) is 13.6. The molecule has 0 aromatic heterocycles. The molecular weight excluding hydrogens is 294 g/mol. The number of rotatable bonds is 8. The predicted octanol–water partition coefficient (Wildman–Crippen LogP) is 3.81. The molecule has 0 unspecified atom stereocenters. The van der Waals surface area contributed by atoms with E-state index < -0.39 is 6.10 Å². The van der Waals surface area contributed by atoms with Gasteiger partial charge in [0.25, 0.3) is 5.91 Å². The molecule has 1 N–H and O–H groups in total. The van der Waals surface area contributed by atoms with E-state index in [1.165, 1.54) is 25.7 Å². The Bertz CT molecular complexity index is 472. The number of carbonyl (C=O) groups is 1. The quantitative estimate of drug-likeness (QED) is 0.740. The molecule has 1 aliphatic rings. The number of aryl methyl sites for hydroxylation is 1. The highest BCUT2D eigenvalue weighted by molar-refractivity contribution is 7.99. The van der Waals surface area contributed by atoms with Crippen LogP contribution in [0.15, 0.2) is 24.3 Å². The number of para-hydroxylation sites is 1. The van der Waals surface area contributed by atoms with Crippen LogP contribution in [-0.2, 0) is 11.2 Å². The molecule has 0 heterocycles. The van der Waals surface area contributed by atoms with Crippen LogP contribution >= 0.6 is 11.8 Å². The summed E-state index contributed by atoms with van der Waals surface area (Å²) < 4.78 is 5.81. The van der Waals surface area contributed by atoms with Crippen LogP contribution in [0.25, 0.3) is 0 Å². The molecule has 22 heavy (non-hydrogen) atoms. The van der Waals surface area contributed by atoms with Crippen LogP contribution in [0.1, 0.15) is 45.1 Å². The minimum atomic E-state index is -0.454. The molecule has 1 aromatic rings. The molecule has 0 spiro atoms. The summed E-state index contributed by atoms with van der Waals surface area (Å²) in [6, 6.07) is 7.91. The van der Waals surface area contributed by atoms with Crippen LogP contribution in [0.2, 0.25) is 0 Å². The summed E-state index contributed by atoms with van der Waals surface area (Å²) in [5.74, 6) is 1.78. The lowest BCUT2D eigenvalue weighted by atomic mass is 10.1. The van der Waals surface area contributed by atoms with Crippen LogP contribution in [0.4, 0.5) is 0 Å². The summed E-state index contributed by atoms with van der Waals surface area (Å²) in [5, 5.41) is 3.79. The molecule has 122 valence electrons. The fraction of sp³-hybridized carbons (Fsp3) is 0.611. The lowest BCUT2D eigenvalue weighted by Gasteiger charge is -2.17. The Morgan fingerprint density at radius 2 is 2.09 bits per heavy atom. The van der Waals surface area contributed by atoms with Gasteiger partial charge in [-0.05, 0) is 37.8 Å². The number of hydrogen-bond acceptors (Lipinski definition) is 3. The summed E-state index contributed by atoms with van der Waals surface area (Å²) in [6.07, 6.45) is 5.86. The number of hydrogen-bond donors (Lipinski definition) is 1. The summed E-state index contributed by atoms with van der Waals surface area (Å²) >= 11 is 1.99. The van der Waals surface area contributed by atoms with Gasteiger partial charge in [0.05, 0.1) is 0 Å². The van der Waals surface area contributed by atoms with Crippen LogP contribution in [0.5, 0.6) is 5.75 Å². The van der Waals surface area contributed by atoms with Gasteiger partial charge in [0, 0.05) is 17.5 Å². The first kappa shape index (κ1) is 17.2. The van der Waals surface area contributed by atoms with Gasteiger partial charge in [-0.15, -0.1) is 0 Å². The number of nitrogens with one attached hydrogen (secondary N) is 1. The molecule has 0 saturated heterocycles. The fourth-order valence-electron chi connectivity index (χ4n) is 2.75. The van der Waals surface area contributed by atoms with Crippen molar-refractivity contribution in [3.05, 3.63) is 29.8 Å². The maximum atomic E-state index is 12.1. The maximum Gasteiger partial charge on any atom is 0.260 e. The second-order valence-electron chi connectivity index (χ2n) is 5.79. The first-order valence-corrected chi connectivity index (χ1v) is 9.39. The largest absolute Gasteiger partial charge is 0.481 e. The number of carbonyl (C=O) groups excluding carboxylic acids is 1. The van der Waals surface area contributed by atoms with E-state index >= 15 is 0 Å². The van der Waals surface area contributed by atoms with Crippen molar-refractivity contribution in [3.8, 4) is 5.75 Å². The standard InChI is InChI=1S/C18H27NO2S/c1-3-15-8-4-7-11-17(15)21-14(2)18(20)19-12-13-22-16-9-5-6-10-16/h4,7-8,11,14,16H,3,5-6,9-10,12-13H2,1-2H3,(H,19,20)/t14-/m1/s1. The fourth-order valence-corrected chi connectivity index (χ4v) is 3.97. The Labute approximate surface area is 138 Å². The molecule has 1 saturated carbocycles. The minimum absolute atomic E-state index is 0.0297. The van der Waals surface area contributed by atoms with Crippen LogP contribution in [-0.4, -0.2) is 29.6 Å². The number of amides is 1. The molecule has 1 aliphatic carbocycles. The first-order chi connectivity index (χ1) is 10.7. The normalized spacial score (nSPS) is 16.5. The Balaban J connectivity index is 1.70. The van der Waals surface area contributed by atoms with Gasteiger partial charge < -0.3 is 10.1 Å². The third-order valence-electron chi connectivity index (χ3n) is 4.08. The molecule has 1 aromatic carbocycles. The van der Waals surface area contributed by atoms with Gasteiger partial charge >= 0.3 is 0 Å². The third-order valence-corrected chi connectivity index (χ3v) is 5.47. The van der Waals surface area contributed by atoms with Crippen LogP contribution < -0.4 is 10.1 Å². The zero-order chi connectivity index (χ0) is 15.8. The van der Waals surface area contributed by atoms with Crippen LogP contribution in [0, 0.1) is 0 Å². The highest BCUT2D eigenvalue weighted by atomic mass is 32.2. The van der Waals surface area contributed by atoms with E-state index in [-0.39, 0.29) is 5.91 Å². The number of thioether (sulfide) groups is 1. The molecule has 3 nitrogen and oxygen atoms in total. The van der Waals surface area contributed by atoms with Crippen molar-refractivity contribution in [1.82, 2.24) is 5.32 Å². The average molecular weight is 321 g/mol. The van der Waals surface area contributed by atoms with E-state index in [1.54, 1.807) is 0 Å². The van der Waals surface area contributed by atoms with Crippen molar-refractivity contribution < 1.29 is 9.53 Å². The smallest absolute Gasteiger partial charge is 0.260 e. The van der Waals surface area contributed by atoms with Gasteiger partial charge in [-0.1, -0.05) is 38.0 Å². The van der Waals surface area contributed by atoms with Gasteiger partial charge in [-0.3, -0.25) is 4.79 Å². The second-order valence-corrected chi connectivity index (χ2v) is 7.20. The molecular formula is C18H27NO2S. The molecule has 0 bridgehead atoms. The molecule has 2 rings (SSSR count). The topological polar surface area (TPSA) is 38.3 Å². The lowest BCUT2D eigenvalue weighted by Crippen LogP contribution is -2.37. The maximum absolute atomic E-state index is 12.1. The Morgan fingerprint density at radius 3 is 2.82 bits per heavy atom. The third kappa shape index (κ3) is 5.24. The van der Waals surface area contributed by atoms with Crippen molar-refractivity contribution in [1.29, 1.82) is 0 Å². The minimum Gasteiger partial charge on any atom is -0.481 e. The number of benzene rings is 1. The zero-order valence-corrected chi connectivity index (χ0v) is 14.5. The van der Waals surface area contributed by atoms with Gasteiger partial charge in [0.1, 0.15) is 5.75 Å². The Morgan fingerprint density at radius 1 is 1.36 bits per heavy atom. The Hall–Kier alpha value is -1.16. The SMILES string of the molecule is CCc1ccccc1O[C@H](C)C(=O)NCCSC1CCCC1. The molecule has 0 radical (unpaired) electrons. The summed E-state index contributed by atoms with van der Waals surface area (Å²) in [6.45, 7) is 4.63. The predicted molar refractivity (Wildman–Crippen MR) is 93.6 cm³/mol. The Kier molecular flexibility index (Phi) is 7.10. The van der Waals surface area contributed by atoms with Gasteiger partial charge in [0.15, 0.2) is 6.10 Å². The highest BCUT2D eigenvalue weighted by Crippen LogP contribution is 2.28. The van der Waals surface area contributed by atoms with E-state index in [4.69, 9.17) is 4.74 Å². The van der Waals surface area contributed by atoms with Crippen molar-refractivity contribution in [2.75, 3.05) is 12.3 Å². The van der Waals surface area contributed by atoms with Crippen molar-refractivity contribution in [3.63, 3.8) is 0 Å². The van der Waals surface area contributed by atoms with Crippen molar-refractivity contribution in [2.24, 2.45) is 0 Å². The van der Waals surface area contributed by atoms with E-state index in [9.17, 15) is 4.79 Å². The average Bonchev–Trinajstić information content (AvgIpc) is 3.05. The monoisotopic (exact) mass is 321 g/mol. The van der Waals surface area contributed by atoms with Crippen LogP contribution in [0.3, 0.4) is 0 Å². The van der Waals surface area contributed by atoms with E-state index in [0.29, 0.717) is 0 Å². The van der Waals surface area contributed by atoms with Crippen molar-refractivity contribution >= 4 is 17.7 Å². The molecule has 1 atom stereocenters. The molecule has 4 heteroatoms. The number of ether oxygens (including phenoxy) is 1. The highest BCUT2D eigenvalue weighted by Gasteiger charge is 2.17.